The Bertz CT molecular complexity index is 564. The van der Waals surface area contributed by atoms with Crippen molar-refractivity contribution in [3.8, 4) is 0 Å². The lowest BCUT2D eigenvalue weighted by atomic mass is 10.1. The highest BCUT2D eigenvalue weighted by Gasteiger charge is 2.07. The van der Waals surface area contributed by atoms with E-state index in [4.69, 9.17) is 5.73 Å². The summed E-state index contributed by atoms with van der Waals surface area (Å²) in [6.07, 6.45) is 1.73. The average molecular weight is 272 g/mol. The van der Waals surface area contributed by atoms with E-state index in [1.165, 1.54) is 23.8 Å². The average Bonchev–Trinajstić information content (AvgIpc) is 2.43. The van der Waals surface area contributed by atoms with Crippen molar-refractivity contribution in [3.05, 3.63) is 65.5 Å². The molecule has 0 bridgehead atoms. The molecule has 0 aliphatic rings. The molecule has 2 rings (SSSR count). The van der Waals surface area contributed by atoms with Gasteiger partial charge >= 0.3 is 0 Å². The van der Waals surface area contributed by atoms with Gasteiger partial charge in [-0.1, -0.05) is 30.3 Å². The van der Waals surface area contributed by atoms with E-state index in [1.54, 1.807) is 0 Å². The molecule has 2 aromatic carbocycles. The van der Waals surface area contributed by atoms with Crippen LogP contribution in [0.3, 0.4) is 0 Å². The minimum Gasteiger partial charge on any atom is -0.399 e. The van der Waals surface area contributed by atoms with Crippen LogP contribution in [0.4, 0.5) is 10.1 Å². The fourth-order valence-electron chi connectivity index (χ4n) is 1.98. The van der Waals surface area contributed by atoms with Crippen LogP contribution in [0.5, 0.6) is 0 Å². The zero-order valence-corrected chi connectivity index (χ0v) is 11.1. The largest absolute Gasteiger partial charge is 0.399 e. The Labute approximate surface area is 117 Å². The molecule has 3 N–H and O–H groups in total. The first kappa shape index (κ1) is 14.1. The summed E-state index contributed by atoms with van der Waals surface area (Å²) in [5.41, 5.74) is 7.24. The van der Waals surface area contributed by atoms with Crippen LogP contribution in [0.25, 0.3) is 0 Å². The molecule has 0 aliphatic carbocycles. The minimum atomic E-state index is -0.501. The maximum absolute atomic E-state index is 13.1. The van der Waals surface area contributed by atoms with Crippen molar-refractivity contribution in [2.75, 3.05) is 12.3 Å². The van der Waals surface area contributed by atoms with Crippen molar-refractivity contribution >= 4 is 11.6 Å². The highest BCUT2D eigenvalue weighted by atomic mass is 19.1. The lowest BCUT2D eigenvalue weighted by Crippen LogP contribution is -2.25. The van der Waals surface area contributed by atoms with Crippen LogP contribution in [0.1, 0.15) is 22.3 Å². The van der Waals surface area contributed by atoms with Crippen molar-refractivity contribution in [1.29, 1.82) is 0 Å². The highest BCUT2D eigenvalue weighted by Crippen LogP contribution is 2.10. The van der Waals surface area contributed by atoms with E-state index < -0.39 is 5.82 Å². The molecule has 104 valence electrons. The monoisotopic (exact) mass is 272 g/mol. The summed E-state index contributed by atoms with van der Waals surface area (Å²) in [4.78, 5) is 11.8. The number of hydrogen-bond acceptors (Lipinski definition) is 2. The van der Waals surface area contributed by atoms with Gasteiger partial charge in [0.2, 0.25) is 0 Å². The quantitative estimate of drug-likeness (QED) is 0.649. The second-order valence-electron chi connectivity index (χ2n) is 4.62. The Morgan fingerprint density at radius 1 is 1.15 bits per heavy atom. The molecule has 0 saturated heterocycles. The molecule has 2 aromatic rings. The number of hydrogen-bond donors (Lipinski definition) is 2. The number of carbonyl (C=O) groups is 1. The third kappa shape index (κ3) is 4.09. The van der Waals surface area contributed by atoms with E-state index >= 15 is 0 Å². The Kier molecular flexibility index (Phi) is 4.71. The Morgan fingerprint density at radius 3 is 2.60 bits per heavy atom. The number of rotatable bonds is 5. The van der Waals surface area contributed by atoms with Gasteiger partial charge in [-0.05, 0) is 36.6 Å². The zero-order chi connectivity index (χ0) is 14.4. The van der Waals surface area contributed by atoms with Gasteiger partial charge in [-0.3, -0.25) is 4.79 Å². The molecule has 20 heavy (non-hydrogen) atoms. The van der Waals surface area contributed by atoms with Crippen molar-refractivity contribution < 1.29 is 9.18 Å². The summed E-state index contributed by atoms with van der Waals surface area (Å²) in [7, 11) is 0. The van der Waals surface area contributed by atoms with E-state index in [0.29, 0.717) is 6.54 Å². The number of carbonyl (C=O) groups excluding carboxylic acids is 1. The summed E-state index contributed by atoms with van der Waals surface area (Å²) >= 11 is 0. The van der Waals surface area contributed by atoms with Gasteiger partial charge in [-0.25, -0.2) is 4.39 Å². The Balaban J connectivity index is 1.80. The third-order valence-electron chi connectivity index (χ3n) is 2.95. The number of nitrogen functional groups attached to an aromatic ring is 1. The standard InChI is InChI=1S/C16H17FN2O/c17-14-9-13(10-15(18)11-14)16(20)19-8-4-7-12-5-2-1-3-6-12/h1-3,5-6,9-11H,4,7-8,18H2,(H,19,20). The molecule has 0 fully saturated rings. The molecule has 0 atom stereocenters. The predicted octanol–water partition coefficient (Wildman–Crippen LogP) is 2.77. The lowest BCUT2D eigenvalue weighted by Gasteiger charge is -2.06. The van der Waals surface area contributed by atoms with Crippen LogP contribution in [0.15, 0.2) is 48.5 Å². The van der Waals surface area contributed by atoms with Crippen LogP contribution in [0.2, 0.25) is 0 Å². The van der Waals surface area contributed by atoms with Gasteiger partial charge in [0, 0.05) is 17.8 Å². The number of nitrogens with two attached hydrogens (primary N) is 1. The molecule has 4 heteroatoms. The summed E-state index contributed by atoms with van der Waals surface area (Å²) in [6.45, 7) is 0.546. The predicted molar refractivity (Wildman–Crippen MR) is 77.9 cm³/mol. The van der Waals surface area contributed by atoms with E-state index in [0.717, 1.165) is 12.8 Å². The summed E-state index contributed by atoms with van der Waals surface area (Å²) in [5, 5.41) is 2.76. The van der Waals surface area contributed by atoms with Gasteiger partial charge < -0.3 is 11.1 Å². The Morgan fingerprint density at radius 2 is 1.90 bits per heavy atom. The minimum absolute atomic E-state index is 0.249. The van der Waals surface area contributed by atoms with Crippen LogP contribution in [0, 0.1) is 5.82 Å². The van der Waals surface area contributed by atoms with E-state index in [9.17, 15) is 9.18 Å². The van der Waals surface area contributed by atoms with Gasteiger partial charge in [0.15, 0.2) is 0 Å². The molecule has 0 radical (unpaired) electrons. The van der Waals surface area contributed by atoms with Gasteiger partial charge in [0.05, 0.1) is 0 Å². The van der Waals surface area contributed by atoms with Crippen LogP contribution in [-0.2, 0) is 6.42 Å². The molecule has 0 saturated carbocycles. The molecule has 3 nitrogen and oxygen atoms in total. The number of benzene rings is 2. The van der Waals surface area contributed by atoms with Gasteiger partial charge in [0.1, 0.15) is 5.82 Å². The van der Waals surface area contributed by atoms with Crippen LogP contribution >= 0.6 is 0 Å². The Hall–Kier alpha value is -2.36. The second kappa shape index (κ2) is 6.70. The third-order valence-corrected chi connectivity index (χ3v) is 2.95. The fraction of sp³-hybridized carbons (Fsp3) is 0.188. The molecule has 0 aliphatic heterocycles. The fourth-order valence-corrected chi connectivity index (χ4v) is 1.98. The molecule has 0 spiro atoms. The molecule has 0 unspecified atom stereocenters. The summed E-state index contributed by atoms with van der Waals surface area (Å²) in [6, 6.07) is 13.9. The summed E-state index contributed by atoms with van der Waals surface area (Å²) < 4.78 is 13.1. The highest BCUT2D eigenvalue weighted by molar-refractivity contribution is 5.95. The topological polar surface area (TPSA) is 55.1 Å². The first-order valence-corrected chi connectivity index (χ1v) is 6.53. The maximum atomic E-state index is 13.1. The normalized spacial score (nSPS) is 10.2. The molecule has 0 heterocycles. The summed E-state index contributed by atoms with van der Waals surface area (Å²) in [5.74, 6) is -0.802. The van der Waals surface area contributed by atoms with Gasteiger partial charge in [-0.2, -0.15) is 0 Å². The van der Waals surface area contributed by atoms with Crippen LogP contribution in [-0.4, -0.2) is 12.5 Å². The second-order valence-corrected chi connectivity index (χ2v) is 4.62. The molecular formula is C16H17FN2O. The number of aryl methyl sites for hydroxylation is 1. The lowest BCUT2D eigenvalue weighted by molar-refractivity contribution is 0.0953. The number of amides is 1. The first-order valence-electron chi connectivity index (χ1n) is 6.53. The van der Waals surface area contributed by atoms with Crippen molar-refractivity contribution in [2.45, 2.75) is 12.8 Å². The smallest absolute Gasteiger partial charge is 0.251 e. The van der Waals surface area contributed by atoms with E-state index in [-0.39, 0.29) is 17.2 Å². The van der Waals surface area contributed by atoms with Crippen molar-refractivity contribution in [2.24, 2.45) is 0 Å². The SMILES string of the molecule is Nc1cc(F)cc(C(=O)NCCCc2ccccc2)c1. The zero-order valence-electron chi connectivity index (χ0n) is 11.1. The number of nitrogens with one attached hydrogen (secondary N) is 1. The maximum Gasteiger partial charge on any atom is 0.251 e. The molecule has 1 amide bonds. The number of anilines is 1. The molecular weight excluding hydrogens is 255 g/mol. The first-order chi connectivity index (χ1) is 9.65. The number of halogens is 1. The van der Waals surface area contributed by atoms with Crippen molar-refractivity contribution in [1.82, 2.24) is 5.32 Å². The van der Waals surface area contributed by atoms with Crippen molar-refractivity contribution in [3.63, 3.8) is 0 Å². The van der Waals surface area contributed by atoms with Gasteiger partial charge in [0.25, 0.3) is 5.91 Å². The van der Waals surface area contributed by atoms with E-state index in [2.05, 4.69) is 17.4 Å². The van der Waals surface area contributed by atoms with E-state index in [1.807, 2.05) is 18.2 Å². The molecule has 0 aromatic heterocycles. The van der Waals surface area contributed by atoms with Gasteiger partial charge in [-0.15, -0.1) is 0 Å². The van der Waals surface area contributed by atoms with Crippen LogP contribution < -0.4 is 11.1 Å².